The van der Waals surface area contributed by atoms with E-state index in [1.807, 2.05) is 25.7 Å². The van der Waals surface area contributed by atoms with Gasteiger partial charge in [-0.15, -0.1) is 0 Å². The maximum atomic E-state index is 12.1. The number of rotatable bonds is 0. The minimum absolute atomic E-state index is 0.177. The molecule has 18 heavy (non-hydrogen) atoms. The molecule has 0 bridgehead atoms. The lowest BCUT2D eigenvalue weighted by atomic mass is 10.1. The molecule has 0 N–H and O–H groups in total. The topological polar surface area (TPSA) is 29.5 Å². The molecule has 1 aliphatic heterocycles. The molecule has 0 saturated carbocycles. The van der Waals surface area contributed by atoms with Crippen molar-refractivity contribution in [3.05, 3.63) is 0 Å². The van der Waals surface area contributed by atoms with Crippen LogP contribution in [0.1, 0.15) is 59.3 Å². The van der Waals surface area contributed by atoms with E-state index in [9.17, 15) is 4.79 Å². The van der Waals surface area contributed by atoms with Gasteiger partial charge in [0.25, 0.3) is 0 Å². The highest BCUT2D eigenvalue weighted by Crippen LogP contribution is 2.18. The Morgan fingerprint density at radius 3 is 2.44 bits per heavy atom. The Morgan fingerprint density at radius 1 is 1.11 bits per heavy atom. The first-order valence-electron chi connectivity index (χ1n) is 7.04. The second kappa shape index (κ2) is 7.27. The van der Waals surface area contributed by atoms with Crippen LogP contribution < -0.4 is 0 Å². The summed E-state index contributed by atoms with van der Waals surface area (Å²) in [6, 6.07) is 0. The van der Waals surface area contributed by atoms with Crippen LogP contribution in [0.2, 0.25) is 0 Å². The van der Waals surface area contributed by atoms with Crippen molar-refractivity contribution >= 4 is 18.7 Å². The minimum atomic E-state index is -0.410. The Balaban J connectivity index is 2.51. The molecule has 0 spiro atoms. The van der Waals surface area contributed by atoms with Crippen LogP contribution in [0.5, 0.6) is 0 Å². The average molecular weight is 273 g/mol. The molecule has 0 aromatic carbocycles. The van der Waals surface area contributed by atoms with Gasteiger partial charge in [0.15, 0.2) is 0 Å². The number of ether oxygens (including phenoxy) is 1. The van der Waals surface area contributed by atoms with E-state index in [1.165, 1.54) is 19.3 Å². The van der Waals surface area contributed by atoms with Gasteiger partial charge >= 0.3 is 6.09 Å². The van der Waals surface area contributed by atoms with Crippen LogP contribution in [-0.4, -0.2) is 34.9 Å². The van der Waals surface area contributed by atoms with Crippen LogP contribution in [0.3, 0.4) is 0 Å². The summed E-state index contributed by atoms with van der Waals surface area (Å²) >= 11 is 4.58. The van der Waals surface area contributed by atoms with Crippen molar-refractivity contribution in [2.45, 2.75) is 70.1 Å². The summed E-state index contributed by atoms with van der Waals surface area (Å²) in [5.41, 5.74) is -0.410. The molecule has 106 valence electrons. The van der Waals surface area contributed by atoms with E-state index < -0.39 is 5.60 Å². The summed E-state index contributed by atoms with van der Waals surface area (Å²) < 4.78 is 5.44. The molecule has 4 heteroatoms. The van der Waals surface area contributed by atoms with Gasteiger partial charge in [0, 0.05) is 18.3 Å². The van der Waals surface area contributed by atoms with Crippen molar-refractivity contribution in [1.29, 1.82) is 0 Å². The second-order valence-corrected chi connectivity index (χ2v) is 6.84. The van der Waals surface area contributed by atoms with Gasteiger partial charge in [-0.1, -0.05) is 19.3 Å². The quantitative estimate of drug-likeness (QED) is 0.679. The lowest BCUT2D eigenvalue weighted by Gasteiger charge is -2.28. The molecule has 1 amide bonds. The number of amides is 1. The van der Waals surface area contributed by atoms with E-state index in [0.29, 0.717) is 5.25 Å². The Morgan fingerprint density at radius 2 is 1.78 bits per heavy atom. The summed E-state index contributed by atoms with van der Waals surface area (Å²) in [7, 11) is 0. The summed E-state index contributed by atoms with van der Waals surface area (Å²) in [5, 5.41) is 0.410. The second-order valence-electron chi connectivity index (χ2n) is 6.11. The van der Waals surface area contributed by atoms with E-state index in [0.717, 1.165) is 32.4 Å². The van der Waals surface area contributed by atoms with Gasteiger partial charge < -0.3 is 9.64 Å². The third-order valence-corrected chi connectivity index (χ3v) is 3.62. The number of carbonyl (C=O) groups is 1. The van der Waals surface area contributed by atoms with Crippen molar-refractivity contribution < 1.29 is 9.53 Å². The maximum absolute atomic E-state index is 12.1. The van der Waals surface area contributed by atoms with Crippen molar-refractivity contribution in [3.63, 3.8) is 0 Å². The summed E-state index contributed by atoms with van der Waals surface area (Å²) in [6.45, 7) is 7.31. The molecule has 1 aliphatic rings. The number of nitrogens with zero attached hydrogens (tertiary/aromatic N) is 1. The monoisotopic (exact) mass is 273 g/mol. The lowest BCUT2D eigenvalue weighted by molar-refractivity contribution is 0.0242. The Labute approximate surface area is 117 Å². The smallest absolute Gasteiger partial charge is 0.410 e. The van der Waals surface area contributed by atoms with Crippen LogP contribution in [0.4, 0.5) is 4.79 Å². The molecule has 1 atom stereocenters. The van der Waals surface area contributed by atoms with Crippen molar-refractivity contribution in [1.82, 2.24) is 4.90 Å². The third kappa shape index (κ3) is 6.53. The zero-order valence-electron chi connectivity index (χ0n) is 11.9. The molecule has 1 heterocycles. The first-order chi connectivity index (χ1) is 8.38. The highest BCUT2D eigenvalue weighted by Gasteiger charge is 2.22. The van der Waals surface area contributed by atoms with Crippen LogP contribution >= 0.6 is 12.6 Å². The van der Waals surface area contributed by atoms with Crippen LogP contribution in [0.25, 0.3) is 0 Å². The fourth-order valence-corrected chi connectivity index (χ4v) is 2.40. The highest BCUT2D eigenvalue weighted by atomic mass is 32.1. The van der Waals surface area contributed by atoms with Gasteiger partial charge in [-0.25, -0.2) is 4.79 Å². The normalized spacial score (nSPS) is 23.6. The van der Waals surface area contributed by atoms with E-state index in [2.05, 4.69) is 12.6 Å². The molecule has 1 fully saturated rings. The fraction of sp³-hybridized carbons (Fsp3) is 0.929. The van der Waals surface area contributed by atoms with Crippen molar-refractivity contribution in [2.75, 3.05) is 13.1 Å². The largest absolute Gasteiger partial charge is 0.444 e. The predicted octanol–water partition coefficient (Wildman–Crippen LogP) is 3.88. The molecule has 3 nitrogen and oxygen atoms in total. The van der Waals surface area contributed by atoms with Gasteiger partial charge in [-0.05, 0) is 40.0 Å². The first kappa shape index (κ1) is 15.7. The van der Waals surface area contributed by atoms with Gasteiger partial charge in [-0.3, -0.25) is 0 Å². The first-order valence-corrected chi connectivity index (χ1v) is 7.56. The van der Waals surface area contributed by atoms with E-state index >= 15 is 0 Å². The summed E-state index contributed by atoms with van der Waals surface area (Å²) in [4.78, 5) is 13.9. The number of hydrogen-bond donors (Lipinski definition) is 1. The number of thiol groups is 1. The predicted molar refractivity (Wildman–Crippen MR) is 78.3 cm³/mol. The van der Waals surface area contributed by atoms with Gasteiger partial charge in [0.1, 0.15) is 5.60 Å². The molecule has 0 aliphatic carbocycles. The van der Waals surface area contributed by atoms with E-state index in [-0.39, 0.29) is 6.09 Å². The van der Waals surface area contributed by atoms with Gasteiger partial charge in [0.05, 0.1) is 0 Å². The SMILES string of the molecule is CC(C)(C)OC(=O)N1CCCCCC[C@@H](S)CC1. The Hall–Kier alpha value is -0.380. The average Bonchev–Trinajstić information content (AvgIpc) is 2.25. The van der Waals surface area contributed by atoms with Crippen LogP contribution in [0, 0.1) is 0 Å². The molecular weight excluding hydrogens is 246 g/mol. The third-order valence-electron chi connectivity index (χ3n) is 3.10. The van der Waals surface area contributed by atoms with Gasteiger partial charge in [-0.2, -0.15) is 12.6 Å². The highest BCUT2D eigenvalue weighted by molar-refractivity contribution is 7.80. The maximum Gasteiger partial charge on any atom is 0.410 e. The molecule has 1 saturated heterocycles. The molecule has 0 aromatic heterocycles. The Bertz CT molecular complexity index is 263. The zero-order valence-corrected chi connectivity index (χ0v) is 12.8. The molecule has 0 unspecified atom stereocenters. The van der Waals surface area contributed by atoms with Crippen molar-refractivity contribution in [3.8, 4) is 0 Å². The standard InChI is InChI=1S/C14H27NO2S/c1-14(2,3)17-13(16)15-10-7-5-4-6-8-12(18)9-11-15/h12,18H,4-11H2,1-3H3/t12-/m1/s1. The number of hydrogen-bond acceptors (Lipinski definition) is 3. The summed E-state index contributed by atoms with van der Waals surface area (Å²) in [6.07, 6.45) is 6.73. The van der Waals surface area contributed by atoms with Crippen LogP contribution in [-0.2, 0) is 4.74 Å². The molecular formula is C14H27NO2S. The molecule has 0 radical (unpaired) electrons. The van der Waals surface area contributed by atoms with E-state index in [1.54, 1.807) is 0 Å². The van der Waals surface area contributed by atoms with E-state index in [4.69, 9.17) is 4.74 Å². The van der Waals surface area contributed by atoms with Crippen molar-refractivity contribution in [2.24, 2.45) is 0 Å². The molecule has 1 rings (SSSR count). The summed E-state index contributed by atoms with van der Waals surface area (Å²) in [5.74, 6) is 0. The number of carbonyl (C=O) groups excluding carboxylic acids is 1. The zero-order chi connectivity index (χ0) is 13.6. The Kier molecular flexibility index (Phi) is 6.33. The fourth-order valence-electron chi connectivity index (χ4n) is 2.11. The molecule has 0 aromatic rings. The lowest BCUT2D eigenvalue weighted by Crippen LogP contribution is -2.38. The van der Waals surface area contributed by atoms with Gasteiger partial charge in [0.2, 0.25) is 0 Å². The van der Waals surface area contributed by atoms with Crippen LogP contribution in [0.15, 0.2) is 0 Å². The minimum Gasteiger partial charge on any atom is -0.444 e.